The summed E-state index contributed by atoms with van der Waals surface area (Å²) in [6, 6.07) is 6.97. The number of nitrogens with one attached hydrogen (secondary N) is 1. The van der Waals surface area contributed by atoms with Gasteiger partial charge in [0, 0.05) is 6.04 Å². The lowest BCUT2D eigenvalue weighted by atomic mass is 10.2. The van der Waals surface area contributed by atoms with Crippen LogP contribution in [0.25, 0.3) is 0 Å². The highest BCUT2D eigenvalue weighted by molar-refractivity contribution is 5.91. The van der Waals surface area contributed by atoms with Crippen LogP contribution in [-0.2, 0) is 9.53 Å². The Morgan fingerprint density at radius 2 is 1.86 bits per heavy atom. The van der Waals surface area contributed by atoms with Gasteiger partial charge in [-0.3, -0.25) is 4.79 Å². The predicted octanol–water partition coefficient (Wildman–Crippen LogP) is 2.69. The molecule has 0 unspecified atom stereocenters. The van der Waals surface area contributed by atoms with E-state index in [2.05, 4.69) is 5.32 Å². The van der Waals surface area contributed by atoms with Gasteiger partial charge in [-0.05, 0) is 43.5 Å². The van der Waals surface area contributed by atoms with Crippen molar-refractivity contribution in [1.82, 2.24) is 5.32 Å². The quantitative estimate of drug-likeness (QED) is 0.787. The molecule has 0 radical (unpaired) electrons. The van der Waals surface area contributed by atoms with Crippen molar-refractivity contribution in [3.8, 4) is 5.75 Å². The molecule has 0 saturated heterocycles. The summed E-state index contributed by atoms with van der Waals surface area (Å²) in [5, 5.41) is 2.88. The van der Waals surface area contributed by atoms with Gasteiger partial charge in [-0.1, -0.05) is 19.8 Å². The summed E-state index contributed by atoms with van der Waals surface area (Å²) in [4.78, 5) is 23.6. The van der Waals surface area contributed by atoms with Crippen molar-refractivity contribution in [1.29, 1.82) is 0 Å². The van der Waals surface area contributed by atoms with Gasteiger partial charge >= 0.3 is 5.97 Å². The van der Waals surface area contributed by atoms with Crippen LogP contribution in [0.2, 0.25) is 0 Å². The van der Waals surface area contributed by atoms with E-state index in [-0.39, 0.29) is 18.6 Å². The van der Waals surface area contributed by atoms with Gasteiger partial charge in [-0.15, -0.1) is 0 Å². The van der Waals surface area contributed by atoms with E-state index in [0.29, 0.717) is 12.2 Å². The minimum absolute atomic E-state index is 0.233. The highest BCUT2D eigenvalue weighted by Gasteiger charge is 2.18. The Kier molecular flexibility index (Phi) is 6.25. The highest BCUT2D eigenvalue weighted by atomic mass is 16.5. The van der Waals surface area contributed by atoms with Gasteiger partial charge in [0.15, 0.2) is 6.61 Å². The lowest BCUT2D eigenvalue weighted by Crippen LogP contribution is -2.35. The molecule has 0 spiro atoms. The second-order valence-electron chi connectivity index (χ2n) is 5.50. The molecule has 1 saturated carbocycles. The first-order valence-corrected chi connectivity index (χ1v) is 7.88. The number of benzene rings is 1. The molecule has 1 aromatic rings. The molecule has 2 rings (SSSR count). The molecular weight excluding hydrogens is 282 g/mol. The van der Waals surface area contributed by atoms with Crippen LogP contribution in [0.3, 0.4) is 0 Å². The Hall–Kier alpha value is -2.04. The molecule has 22 heavy (non-hydrogen) atoms. The molecule has 1 amide bonds. The lowest BCUT2D eigenvalue weighted by Gasteiger charge is -2.12. The molecule has 1 aliphatic carbocycles. The van der Waals surface area contributed by atoms with Gasteiger partial charge in [0.2, 0.25) is 0 Å². The smallest absolute Gasteiger partial charge is 0.338 e. The van der Waals surface area contributed by atoms with E-state index in [4.69, 9.17) is 9.47 Å². The molecule has 5 nitrogen and oxygen atoms in total. The number of hydrogen-bond donors (Lipinski definition) is 1. The van der Waals surface area contributed by atoms with Gasteiger partial charge in [0.05, 0.1) is 12.2 Å². The van der Waals surface area contributed by atoms with E-state index in [9.17, 15) is 9.59 Å². The molecule has 0 aliphatic heterocycles. The summed E-state index contributed by atoms with van der Waals surface area (Å²) in [5.41, 5.74) is 0.414. The van der Waals surface area contributed by atoms with Gasteiger partial charge in [0.25, 0.3) is 5.91 Å². The van der Waals surface area contributed by atoms with Crippen molar-refractivity contribution >= 4 is 11.9 Å². The van der Waals surface area contributed by atoms with E-state index in [1.807, 2.05) is 6.92 Å². The van der Waals surface area contributed by atoms with Crippen LogP contribution in [-0.4, -0.2) is 31.1 Å². The monoisotopic (exact) mass is 305 g/mol. The zero-order valence-corrected chi connectivity index (χ0v) is 13.0. The first kappa shape index (κ1) is 16.3. The Morgan fingerprint density at radius 3 is 2.50 bits per heavy atom. The Labute approximate surface area is 131 Å². The van der Waals surface area contributed by atoms with Crippen LogP contribution in [0.1, 0.15) is 49.4 Å². The fraction of sp³-hybridized carbons (Fsp3) is 0.529. The van der Waals surface area contributed by atoms with Crippen molar-refractivity contribution in [3.05, 3.63) is 29.8 Å². The zero-order chi connectivity index (χ0) is 15.8. The maximum Gasteiger partial charge on any atom is 0.338 e. The van der Waals surface area contributed by atoms with Crippen molar-refractivity contribution in [3.63, 3.8) is 0 Å². The summed E-state index contributed by atoms with van der Waals surface area (Å²) in [7, 11) is 0. The number of rotatable bonds is 7. The molecular formula is C17H23NO4. The average Bonchev–Trinajstić information content (AvgIpc) is 3.04. The normalized spacial score (nSPS) is 14.6. The molecule has 5 heteroatoms. The van der Waals surface area contributed by atoms with Crippen molar-refractivity contribution < 1.29 is 19.1 Å². The molecule has 0 bridgehead atoms. The minimum atomic E-state index is -0.497. The van der Waals surface area contributed by atoms with E-state index in [0.717, 1.165) is 37.9 Å². The van der Waals surface area contributed by atoms with E-state index >= 15 is 0 Å². The first-order valence-electron chi connectivity index (χ1n) is 7.88. The maximum atomic E-state index is 11.9. The van der Waals surface area contributed by atoms with Crippen LogP contribution in [0.5, 0.6) is 5.75 Å². The summed E-state index contributed by atoms with van der Waals surface area (Å²) >= 11 is 0. The van der Waals surface area contributed by atoms with Gasteiger partial charge in [-0.2, -0.15) is 0 Å². The highest BCUT2D eigenvalue weighted by Crippen LogP contribution is 2.17. The van der Waals surface area contributed by atoms with Gasteiger partial charge in [-0.25, -0.2) is 4.79 Å². The fourth-order valence-electron chi connectivity index (χ4n) is 2.46. The first-order chi connectivity index (χ1) is 10.7. The SMILES string of the molecule is CCCOc1ccc(C(=O)OCC(=O)NC2CCCC2)cc1. The predicted molar refractivity (Wildman–Crippen MR) is 82.9 cm³/mol. The molecule has 0 aromatic heterocycles. The molecule has 0 heterocycles. The number of amides is 1. The maximum absolute atomic E-state index is 11.9. The zero-order valence-electron chi connectivity index (χ0n) is 13.0. The van der Waals surface area contributed by atoms with Crippen LogP contribution < -0.4 is 10.1 Å². The van der Waals surface area contributed by atoms with Gasteiger partial charge in [0.1, 0.15) is 5.75 Å². The molecule has 120 valence electrons. The summed E-state index contributed by atoms with van der Waals surface area (Å²) in [5.74, 6) is -0.0101. The third-order valence-electron chi connectivity index (χ3n) is 3.62. The van der Waals surface area contributed by atoms with E-state index < -0.39 is 5.97 Å². The number of ether oxygens (including phenoxy) is 2. The molecule has 1 aromatic carbocycles. The van der Waals surface area contributed by atoms with Crippen LogP contribution >= 0.6 is 0 Å². The fourth-order valence-corrected chi connectivity index (χ4v) is 2.46. The van der Waals surface area contributed by atoms with E-state index in [1.54, 1.807) is 24.3 Å². The van der Waals surface area contributed by atoms with Gasteiger partial charge < -0.3 is 14.8 Å². The summed E-state index contributed by atoms with van der Waals surface area (Å²) < 4.78 is 10.5. The van der Waals surface area contributed by atoms with Crippen molar-refractivity contribution in [2.24, 2.45) is 0 Å². The average molecular weight is 305 g/mol. The van der Waals surface area contributed by atoms with Crippen molar-refractivity contribution in [2.75, 3.05) is 13.2 Å². The Morgan fingerprint density at radius 1 is 1.18 bits per heavy atom. The molecule has 1 aliphatic rings. The number of esters is 1. The molecule has 1 fully saturated rings. The lowest BCUT2D eigenvalue weighted by molar-refractivity contribution is -0.124. The number of carbonyl (C=O) groups excluding carboxylic acids is 2. The Bertz CT molecular complexity index is 492. The third kappa shape index (κ3) is 5.06. The molecule has 0 atom stereocenters. The second kappa shape index (κ2) is 8.41. The third-order valence-corrected chi connectivity index (χ3v) is 3.62. The van der Waals surface area contributed by atoms with Crippen LogP contribution in [0.15, 0.2) is 24.3 Å². The summed E-state index contributed by atoms with van der Waals surface area (Å²) in [6.45, 7) is 2.44. The van der Waals surface area contributed by atoms with Crippen molar-refractivity contribution in [2.45, 2.75) is 45.1 Å². The minimum Gasteiger partial charge on any atom is -0.494 e. The Balaban J connectivity index is 1.75. The molecule has 1 N–H and O–H groups in total. The van der Waals surface area contributed by atoms with Crippen LogP contribution in [0, 0.1) is 0 Å². The topological polar surface area (TPSA) is 64.6 Å². The summed E-state index contributed by atoms with van der Waals surface area (Å²) in [6.07, 6.45) is 5.26. The van der Waals surface area contributed by atoms with E-state index in [1.165, 1.54) is 0 Å². The second-order valence-corrected chi connectivity index (χ2v) is 5.50. The standard InChI is InChI=1S/C17H23NO4/c1-2-11-21-15-9-7-13(8-10-15)17(20)22-12-16(19)18-14-5-3-4-6-14/h7-10,14H,2-6,11-12H2,1H3,(H,18,19). The number of hydrogen-bond acceptors (Lipinski definition) is 4. The number of carbonyl (C=O) groups is 2. The van der Waals surface area contributed by atoms with Crippen LogP contribution in [0.4, 0.5) is 0 Å². The largest absolute Gasteiger partial charge is 0.494 e.